The van der Waals surface area contributed by atoms with Gasteiger partial charge in [0.05, 0.1) is 11.9 Å². The Hall–Kier alpha value is -2.36. The molecule has 1 aliphatic rings. The normalized spacial score (nSPS) is 14.1. The second kappa shape index (κ2) is 5.56. The molecule has 0 fully saturated rings. The van der Waals surface area contributed by atoms with Crippen LogP contribution in [0.1, 0.15) is 41.3 Å². The summed E-state index contributed by atoms with van der Waals surface area (Å²) in [5.41, 5.74) is 5.40. The van der Waals surface area contributed by atoms with Crippen LogP contribution in [0, 0.1) is 0 Å². The van der Waals surface area contributed by atoms with Crippen molar-refractivity contribution >= 4 is 11.5 Å². The van der Waals surface area contributed by atoms with Crippen molar-refractivity contribution in [1.82, 2.24) is 9.55 Å². The first kappa shape index (κ1) is 13.6. The highest BCUT2D eigenvalue weighted by Crippen LogP contribution is 2.34. The molecule has 0 saturated carbocycles. The molecule has 0 unspecified atom stereocenters. The maximum Gasteiger partial charge on any atom is 0.335 e. The fraction of sp³-hybridized carbons (Fsp3) is 0.294. The number of aryl methyl sites for hydroxylation is 1. The SMILES string of the molecule is CCC1=C(Cn2ccnc2)CCc2ccc(C(=O)O)cc21. The van der Waals surface area contributed by atoms with Gasteiger partial charge in [0.1, 0.15) is 0 Å². The molecule has 1 N–H and O–H groups in total. The highest BCUT2D eigenvalue weighted by molar-refractivity contribution is 5.89. The Labute approximate surface area is 123 Å². The molecule has 2 aromatic rings. The Balaban J connectivity index is 2.04. The number of carbonyl (C=O) groups is 1. The van der Waals surface area contributed by atoms with Crippen molar-refractivity contribution in [1.29, 1.82) is 0 Å². The van der Waals surface area contributed by atoms with Crippen molar-refractivity contribution in [3.05, 3.63) is 59.2 Å². The maximum absolute atomic E-state index is 11.2. The zero-order chi connectivity index (χ0) is 14.8. The first-order chi connectivity index (χ1) is 10.2. The monoisotopic (exact) mass is 282 g/mol. The molecule has 0 atom stereocenters. The van der Waals surface area contributed by atoms with Crippen LogP contribution in [-0.4, -0.2) is 20.6 Å². The van der Waals surface area contributed by atoms with E-state index in [9.17, 15) is 9.90 Å². The average Bonchev–Trinajstić information content (AvgIpc) is 2.99. The van der Waals surface area contributed by atoms with Gasteiger partial charge in [0.25, 0.3) is 0 Å². The van der Waals surface area contributed by atoms with E-state index in [0.29, 0.717) is 5.56 Å². The van der Waals surface area contributed by atoms with E-state index >= 15 is 0 Å². The molecular formula is C17H18N2O2. The Morgan fingerprint density at radius 2 is 2.24 bits per heavy atom. The van der Waals surface area contributed by atoms with E-state index in [4.69, 9.17) is 0 Å². The minimum atomic E-state index is -0.866. The number of fused-ring (bicyclic) bond motifs is 1. The van der Waals surface area contributed by atoms with E-state index in [1.807, 2.05) is 24.7 Å². The van der Waals surface area contributed by atoms with Gasteiger partial charge in [-0.25, -0.2) is 9.78 Å². The topological polar surface area (TPSA) is 55.1 Å². The van der Waals surface area contributed by atoms with Crippen LogP contribution < -0.4 is 0 Å². The zero-order valence-electron chi connectivity index (χ0n) is 12.0. The molecule has 1 aromatic heterocycles. The first-order valence-corrected chi connectivity index (χ1v) is 7.22. The van der Waals surface area contributed by atoms with Crippen LogP contribution >= 0.6 is 0 Å². The number of imidazole rings is 1. The molecule has 0 aliphatic heterocycles. The summed E-state index contributed by atoms with van der Waals surface area (Å²) in [7, 11) is 0. The van der Waals surface area contributed by atoms with Crippen molar-refractivity contribution in [2.24, 2.45) is 0 Å². The summed E-state index contributed by atoms with van der Waals surface area (Å²) in [6.45, 7) is 2.96. The summed E-state index contributed by atoms with van der Waals surface area (Å²) in [4.78, 5) is 15.3. The van der Waals surface area contributed by atoms with Crippen molar-refractivity contribution in [3.63, 3.8) is 0 Å². The molecule has 4 heteroatoms. The standard InChI is InChI=1S/C17H18N2O2/c1-2-15-14(10-19-8-7-18-11-19)6-4-12-3-5-13(17(20)21)9-16(12)15/h3,5,7-9,11H,2,4,6,10H2,1H3,(H,20,21). The van der Waals surface area contributed by atoms with Crippen molar-refractivity contribution in [3.8, 4) is 0 Å². The summed E-state index contributed by atoms with van der Waals surface area (Å²) < 4.78 is 2.07. The van der Waals surface area contributed by atoms with Gasteiger partial charge in [-0.3, -0.25) is 0 Å². The van der Waals surface area contributed by atoms with E-state index in [0.717, 1.165) is 31.4 Å². The molecule has 0 saturated heterocycles. The molecule has 0 amide bonds. The van der Waals surface area contributed by atoms with E-state index in [1.54, 1.807) is 12.3 Å². The largest absolute Gasteiger partial charge is 0.478 e. The van der Waals surface area contributed by atoms with E-state index in [1.165, 1.54) is 16.7 Å². The third-order valence-corrected chi connectivity index (χ3v) is 4.09. The summed E-state index contributed by atoms with van der Waals surface area (Å²) in [5, 5.41) is 9.19. The lowest BCUT2D eigenvalue weighted by molar-refractivity contribution is 0.0697. The summed E-state index contributed by atoms with van der Waals surface area (Å²) in [6.07, 6.45) is 8.49. The van der Waals surface area contributed by atoms with Crippen LogP contribution in [0.2, 0.25) is 0 Å². The highest BCUT2D eigenvalue weighted by Gasteiger charge is 2.19. The van der Waals surface area contributed by atoms with Gasteiger partial charge in [-0.05, 0) is 53.7 Å². The second-order valence-corrected chi connectivity index (χ2v) is 5.35. The maximum atomic E-state index is 11.2. The first-order valence-electron chi connectivity index (χ1n) is 7.22. The van der Waals surface area contributed by atoms with Crippen molar-refractivity contribution in [2.45, 2.75) is 32.7 Å². The molecule has 21 heavy (non-hydrogen) atoms. The van der Waals surface area contributed by atoms with Gasteiger partial charge in [-0.1, -0.05) is 13.0 Å². The second-order valence-electron chi connectivity index (χ2n) is 5.35. The third kappa shape index (κ3) is 2.61. The Bertz CT molecular complexity index is 700. The molecule has 0 spiro atoms. The number of aromatic carboxylic acids is 1. The molecule has 0 bridgehead atoms. The quantitative estimate of drug-likeness (QED) is 0.935. The van der Waals surface area contributed by atoms with Gasteiger partial charge in [0, 0.05) is 18.9 Å². The molecule has 1 aliphatic carbocycles. The van der Waals surface area contributed by atoms with Gasteiger partial charge < -0.3 is 9.67 Å². The minimum Gasteiger partial charge on any atom is -0.478 e. The Morgan fingerprint density at radius 3 is 2.90 bits per heavy atom. The fourth-order valence-corrected chi connectivity index (χ4v) is 3.05. The average molecular weight is 282 g/mol. The summed E-state index contributed by atoms with van der Waals surface area (Å²) in [5.74, 6) is -0.866. The fourth-order valence-electron chi connectivity index (χ4n) is 3.05. The van der Waals surface area contributed by atoms with E-state index in [-0.39, 0.29) is 0 Å². The van der Waals surface area contributed by atoms with Gasteiger partial charge in [0.2, 0.25) is 0 Å². The Morgan fingerprint density at radius 1 is 1.38 bits per heavy atom. The number of hydrogen-bond acceptors (Lipinski definition) is 2. The van der Waals surface area contributed by atoms with Crippen molar-refractivity contribution in [2.75, 3.05) is 0 Å². The number of allylic oxidation sites excluding steroid dienone is 2. The molecule has 1 heterocycles. The van der Waals surface area contributed by atoms with E-state index in [2.05, 4.69) is 16.5 Å². The number of carboxylic acids is 1. The molecule has 108 valence electrons. The lowest BCUT2D eigenvalue weighted by Gasteiger charge is -2.24. The number of carboxylic acid groups (broad SMARTS) is 1. The number of benzene rings is 1. The molecular weight excluding hydrogens is 264 g/mol. The van der Waals surface area contributed by atoms with Crippen LogP contribution in [-0.2, 0) is 13.0 Å². The number of rotatable bonds is 4. The van der Waals surface area contributed by atoms with E-state index < -0.39 is 5.97 Å². The number of aromatic nitrogens is 2. The lowest BCUT2D eigenvalue weighted by Crippen LogP contribution is -2.11. The van der Waals surface area contributed by atoms with Crippen LogP contribution in [0.4, 0.5) is 0 Å². The van der Waals surface area contributed by atoms with Gasteiger partial charge in [0.15, 0.2) is 0 Å². The lowest BCUT2D eigenvalue weighted by atomic mass is 9.83. The number of nitrogens with zero attached hydrogens (tertiary/aromatic N) is 2. The number of hydrogen-bond donors (Lipinski definition) is 1. The predicted octanol–water partition coefficient (Wildman–Crippen LogP) is 3.39. The Kier molecular flexibility index (Phi) is 3.60. The molecule has 4 nitrogen and oxygen atoms in total. The molecule has 3 rings (SSSR count). The highest BCUT2D eigenvalue weighted by atomic mass is 16.4. The van der Waals surface area contributed by atoms with Crippen LogP contribution in [0.15, 0.2) is 42.5 Å². The van der Waals surface area contributed by atoms with Gasteiger partial charge >= 0.3 is 5.97 Å². The zero-order valence-corrected chi connectivity index (χ0v) is 12.0. The van der Waals surface area contributed by atoms with Crippen LogP contribution in [0.25, 0.3) is 5.57 Å². The van der Waals surface area contributed by atoms with Gasteiger partial charge in [-0.15, -0.1) is 0 Å². The van der Waals surface area contributed by atoms with Crippen molar-refractivity contribution < 1.29 is 9.90 Å². The van der Waals surface area contributed by atoms with Crippen LogP contribution in [0.5, 0.6) is 0 Å². The molecule has 1 aromatic carbocycles. The summed E-state index contributed by atoms with van der Waals surface area (Å²) >= 11 is 0. The molecule has 0 radical (unpaired) electrons. The summed E-state index contributed by atoms with van der Waals surface area (Å²) in [6, 6.07) is 5.49. The smallest absolute Gasteiger partial charge is 0.335 e. The predicted molar refractivity (Wildman–Crippen MR) is 81.2 cm³/mol. The third-order valence-electron chi connectivity index (χ3n) is 4.09. The minimum absolute atomic E-state index is 0.364. The van der Waals surface area contributed by atoms with Gasteiger partial charge in [-0.2, -0.15) is 0 Å². The van der Waals surface area contributed by atoms with Crippen LogP contribution in [0.3, 0.4) is 0 Å².